The smallest absolute Gasteiger partial charge is 0.269 e. The summed E-state index contributed by atoms with van der Waals surface area (Å²) < 4.78 is 15.3. The number of carbonyl (C=O) groups is 1. The average Bonchev–Trinajstić information content (AvgIpc) is 2.87. The summed E-state index contributed by atoms with van der Waals surface area (Å²) >= 11 is 0. The summed E-state index contributed by atoms with van der Waals surface area (Å²) in [4.78, 5) is 22.4. The number of aromatic nitrogens is 2. The fourth-order valence-corrected chi connectivity index (χ4v) is 2.25. The molecule has 22 heavy (non-hydrogen) atoms. The van der Waals surface area contributed by atoms with Gasteiger partial charge in [-0.1, -0.05) is 0 Å². The SMILES string of the molecule is CCn1nc(C)cc1C(=O)CCc1cc([N+](=O)[O-])ccc1F. The van der Waals surface area contributed by atoms with Crippen molar-refractivity contribution >= 4 is 11.5 Å². The van der Waals surface area contributed by atoms with E-state index >= 15 is 0 Å². The summed E-state index contributed by atoms with van der Waals surface area (Å²) in [6.45, 7) is 4.24. The Morgan fingerprint density at radius 2 is 2.14 bits per heavy atom. The molecule has 0 N–H and O–H groups in total. The first-order valence-corrected chi connectivity index (χ1v) is 6.92. The minimum atomic E-state index is -0.583. The highest BCUT2D eigenvalue weighted by molar-refractivity contribution is 5.94. The number of nitro benzene ring substituents is 1. The number of Topliss-reactive ketones (excluding diaryl/α,β-unsaturated/α-hetero) is 1. The number of carbonyl (C=O) groups excluding carboxylic acids is 1. The van der Waals surface area contributed by atoms with E-state index in [4.69, 9.17) is 0 Å². The van der Waals surface area contributed by atoms with Crippen molar-refractivity contribution < 1.29 is 14.1 Å². The molecule has 0 fully saturated rings. The van der Waals surface area contributed by atoms with Crippen LogP contribution in [-0.2, 0) is 13.0 Å². The Morgan fingerprint density at radius 3 is 2.77 bits per heavy atom. The van der Waals surface area contributed by atoms with Crippen LogP contribution < -0.4 is 0 Å². The van der Waals surface area contributed by atoms with Crippen molar-refractivity contribution in [2.75, 3.05) is 0 Å². The van der Waals surface area contributed by atoms with Gasteiger partial charge in [0.05, 0.1) is 10.6 Å². The third kappa shape index (κ3) is 3.36. The van der Waals surface area contributed by atoms with E-state index in [2.05, 4.69) is 5.10 Å². The van der Waals surface area contributed by atoms with Crippen molar-refractivity contribution in [3.63, 3.8) is 0 Å². The quantitative estimate of drug-likeness (QED) is 0.467. The van der Waals surface area contributed by atoms with E-state index in [9.17, 15) is 19.3 Å². The lowest BCUT2D eigenvalue weighted by atomic mass is 10.0. The van der Waals surface area contributed by atoms with E-state index in [1.807, 2.05) is 6.92 Å². The van der Waals surface area contributed by atoms with E-state index in [1.54, 1.807) is 17.7 Å². The fraction of sp³-hybridized carbons (Fsp3) is 0.333. The molecule has 0 aliphatic carbocycles. The fourth-order valence-electron chi connectivity index (χ4n) is 2.25. The van der Waals surface area contributed by atoms with Gasteiger partial charge in [-0.2, -0.15) is 5.10 Å². The van der Waals surface area contributed by atoms with Gasteiger partial charge in [0.15, 0.2) is 5.78 Å². The number of aryl methyl sites for hydroxylation is 3. The Hall–Kier alpha value is -2.57. The molecule has 0 radical (unpaired) electrons. The number of rotatable bonds is 6. The molecule has 6 nitrogen and oxygen atoms in total. The number of non-ortho nitro benzene ring substituents is 1. The Kier molecular flexibility index (Phi) is 4.65. The van der Waals surface area contributed by atoms with Crippen molar-refractivity contribution in [2.45, 2.75) is 33.2 Å². The molecule has 0 saturated heterocycles. The molecule has 7 heteroatoms. The second-order valence-corrected chi connectivity index (χ2v) is 4.94. The summed E-state index contributed by atoms with van der Waals surface area (Å²) in [5.74, 6) is -0.702. The third-order valence-electron chi connectivity index (χ3n) is 3.35. The summed E-state index contributed by atoms with van der Waals surface area (Å²) in [6.07, 6.45) is 0.184. The highest BCUT2D eigenvalue weighted by Crippen LogP contribution is 2.19. The maximum atomic E-state index is 13.7. The number of hydrogen-bond donors (Lipinski definition) is 0. The molecule has 2 rings (SSSR count). The normalized spacial score (nSPS) is 10.7. The van der Waals surface area contributed by atoms with Gasteiger partial charge in [0.1, 0.15) is 11.5 Å². The van der Waals surface area contributed by atoms with Gasteiger partial charge in [0.2, 0.25) is 0 Å². The van der Waals surface area contributed by atoms with Gasteiger partial charge in [0, 0.05) is 25.1 Å². The van der Waals surface area contributed by atoms with E-state index in [-0.39, 0.29) is 29.9 Å². The Morgan fingerprint density at radius 1 is 1.41 bits per heavy atom. The maximum absolute atomic E-state index is 13.7. The third-order valence-corrected chi connectivity index (χ3v) is 3.35. The van der Waals surface area contributed by atoms with Gasteiger partial charge in [0.25, 0.3) is 5.69 Å². The van der Waals surface area contributed by atoms with E-state index in [1.165, 1.54) is 6.07 Å². The molecule has 1 aromatic carbocycles. The van der Waals surface area contributed by atoms with E-state index in [0.29, 0.717) is 12.2 Å². The lowest BCUT2D eigenvalue weighted by Gasteiger charge is -2.05. The molecule has 0 spiro atoms. The Bertz CT molecular complexity index is 725. The van der Waals surface area contributed by atoms with E-state index in [0.717, 1.165) is 17.8 Å². The Labute approximate surface area is 126 Å². The van der Waals surface area contributed by atoms with Crippen LogP contribution in [0.4, 0.5) is 10.1 Å². The van der Waals surface area contributed by atoms with Crippen molar-refractivity contribution in [1.29, 1.82) is 0 Å². The first-order valence-electron chi connectivity index (χ1n) is 6.92. The average molecular weight is 305 g/mol. The summed E-state index contributed by atoms with van der Waals surface area (Å²) in [5, 5.41) is 14.9. The minimum absolute atomic E-state index is 0.0726. The van der Waals surface area contributed by atoms with Crippen LogP contribution in [0.2, 0.25) is 0 Å². The minimum Gasteiger partial charge on any atom is -0.292 e. The number of halogens is 1. The lowest BCUT2D eigenvalue weighted by molar-refractivity contribution is -0.385. The zero-order chi connectivity index (χ0) is 16.3. The molecule has 0 amide bonds. The molecule has 0 saturated carbocycles. The van der Waals surface area contributed by atoms with Crippen LogP contribution in [0, 0.1) is 22.9 Å². The number of ketones is 1. The summed E-state index contributed by atoms with van der Waals surface area (Å²) in [6, 6.07) is 5.02. The first-order chi connectivity index (χ1) is 10.4. The zero-order valence-electron chi connectivity index (χ0n) is 12.4. The molecule has 116 valence electrons. The zero-order valence-corrected chi connectivity index (χ0v) is 12.4. The molecule has 0 atom stereocenters. The summed E-state index contributed by atoms with van der Waals surface area (Å²) in [7, 11) is 0. The number of hydrogen-bond acceptors (Lipinski definition) is 4. The van der Waals surface area contributed by atoms with Gasteiger partial charge in [-0.05, 0) is 38.0 Å². The molecule has 0 unspecified atom stereocenters. The number of nitrogens with zero attached hydrogens (tertiary/aromatic N) is 3. The standard InChI is InChI=1S/C15H16FN3O3/c1-3-18-14(8-10(2)17-18)15(20)7-4-11-9-12(19(21)22)5-6-13(11)16/h5-6,8-9H,3-4,7H2,1-2H3. The molecule has 0 bridgehead atoms. The topological polar surface area (TPSA) is 78.0 Å². The first kappa shape index (κ1) is 15.8. The Balaban J connectivity index is 2.14. The van der Waals surface area contributed by atoms with Crippen LogP contribution >= 0.6 is 0 Å². The molecule has 0 aliphatic heterocycles. The molecule has 1 heterocycles. The van der Waals surface area contributed by atoms with Crippen LogP contribution in [0.5, 0.6) is 0 Å². The molecule has 1 aromatic heterocycles. The van der Waals surface area contributed by atoms with E-state index < -0.39 is 10.7 Å². The van der Waals surface area contributed by atoms with Crippen LogP contribution in [-0.4, -0.2) is 20.5 Å². The molecule has 2 aromatic rings. The predicted octanol–water partition coefficient (Wildman–Crippen LogP) is 3.07. The second-order valence-electron chi connectivity index (χ2n) is 4.94. The van der Waals surface area contributed by atoms with Crippen molar-refractivity contribution in [1.82, 2.24) is 9.78 Å². The van der Waals surface area contributed by atoms with Gasteiger partial charge < -0.3 is 0 Å². The molecular formula is C15H16FN3O3. The number of benzene rings is 1. The predicted molar refractivity (Wildman–Crippen MR) is 78.3 cm³/mol. The number of nitro groups is 1. The van der Waals surface area contributed by atoms with Crippen LogP contribution in [0.15, 0.2) is 24.3 Å². The van der Waals surface area contributed by atoms with Gasteiger partial charge >= 0.3 is 0 Å². The largest absolute Gasteiger partial charge is 0.292 e. The maximum Gasteiger partial charge on any atom is 0.269 e. The van der Waals surface area contributed by atoms with Crippen LogP contribution in [0.25, 0.3) is 0 Å². The van der Waals surface area contributed by atoms with Crippen molar-refractivity contribution in [3.05, 3.63) is 57.1 Å². The van der Waals surface area contributed by atoms with Crippen LogP contribution in [0.3, 0.4) is 0 Å². The highest BCUT2D eigenvalue weighted by Gasteiger charge is 2.16. The summed E-state index contributed by atoms with van der Waals surface area (Å²) in [5.41, 5.74) is 1.21. The monoisotopic (exact) mass is 305 g/mol. The highest BCUT2D eigenvalue weighted by atomic mass is 19.1. The molecule has 0 aliphatic rings. The van der Waals surface area contributed by atoms with Gasteiger partial charge in [-0.3, -0.25) is 19.6 Å². The second kappa shape index (κ2) is 6.46. The van der Waals surface area contributed by atoms with Crippen molar-refractivity contribution in [3.8, 4) is 0 Å². The van der Waals surface area contributed by atoms with Crippen molar-refractivity contribution in [2.24, 2.45) is 0 Å². The lowest BCUT2D eigenvalue weighted by Crippen LogP contribution is -2.10. The van der Waals surface area contributed by atoms with Gasteiger partial charge in [-0.25, -0.2) is 4.39 Å². The molecular weight excluding hydrogens is 289 g/mol. The van der Waals surface area contributed by atoms with Gasteiger partial charge in [-0.15, -0.1) is 0 Å². The van der Waals surface area contributed by atoms with Crippen LogP contribution in [0.1, 0.15) is 35.1 Å².